The molecule has 4 rings (SSSR count). The Morgan fingerprint density at radius 1 is 1.20 bits per heavy atom. The van der Waals surface area contributed by atoms with Crippen LogP contribution in [0.1, 0.15) is 5.56 Å². The fourth-order valence-electron chi connectivity index (χ4n) is 2.79. The van der Waals surface area contributed by atoms with E-state index in [1.165, 1.54) is 35.2 Å². The van der Waals surface area contributed by atoms with Crippen molar-refractivity contribution in [3.63, 3.8) is 0 Å². The summed E-state index contributed by atoms with van der Waals surface area (Å²) >= 11 is 2.63. The average Bonchev–Trinajstić information content (AvgIpc) is 3.19. The summed E-state index contributed by atoms with van der Waals surface area (Å²) < 4.78 is 25.0. The molecule has 1 aliphatic rings. The zero-order chi connectivity index (χ0) is 20.9. The van der Waals surface area contributed by atoms with Crippen LogP contribution >= 0.6 is 23.1 Å². The molecule has 2 heterocycles. The molecule has 30 heavy (non-hydrogen) atoms. The Labute approximate surface area is 181 Å². The van der Waals surface area contributed by atoms with E-state index in [2.05, 4.69) is 15.5 Å². The number of nitrogens with one attached hydrogen (secondary N) is 1. The third-order valence-corrected chi connectivity index (χ3v) is 6.21. The normalized spacial score (nSPS) is 12.5. The molecule has 156 valence electrons. The summed E-state index contributed by atoms with van der Waals surface area (Å²) in [7, 11) is 1.76. The van der Waals surface area contributed by atoms with Gasteiger partial charge in [0.2, 0.25) is 11.0 Å². The summed E-state index contributed by atoms with van der Waals surface area (Å²) in [6.45, 7) is 1.55. The maximum atomic E-state index is 13.3. The topological polar surface area (TPSA) is 76.6 Å². The van der Waals surface area contributed by atoms with E-state index in [1.807, 2.05) is 18.2 Å². The Bertz CT molecular complexity index is 1050. The SMILES string of the molecule is CN(Cc1ccc2c(c1)OCCO2)C(=O)CSc1nnc(Nc2cccc(F)c2)s1. The van der Waals surface area contributed by atoms with Crippen molar-refractivity contribution in [3.8, 4) is 11.5 Å². The van der Waals surface area contributed by atoms with E-state index in [0.29, 0.717) is 40.7 Å². The van der Waals surface area contributed by atoms with Crippen LogP contribution in [0.15, 0.2) is 46.8 Å². The van der Waals surface area contributed by atoms with Gasteiger partial charge in [0.15, 0.2) is 15.8 Å². The highest BCUT2D eigenvalue weighted by Gasteiger charge is 2.15. The van der Waals surface area contributed by atoms with Gasteiger partial charge in [-0.3, -0.25) is 4.79 Å². The first-order valence-corrected chi connectivity index (χ1v) is 11.0. The predicted octanol–water partition coefficient (Wildman–Crippen LogP) is 3.94. The van der Waals surface area contributed by atoms with Crippen LogP contribution in [0.2, 0.25) is 0 Å². The molecule has 10 heteroatoms. The number of carbonyl (C=O) groups is 1. The number of benzene rings is 2. The standard InChI is InChI=1S/C20H19FN4O3S2/c1-25(11-13-5-6-16-17(9-13)28-8-7-27-16)18(26)12-29-20-24-23-19(30-20)22-15-4-2-3-14(21)10-15/h2-6,9-10H,7-8,11-12H2,1H3,(H,22,23). The molecular weight excluding hydrogens is 427 g/mol. The minimum Gasteiger partial charge on any atom is -0.486 e. The third-order valence-electron chi connectivity index (χ3n) is 4.25. The second-order valence-corrected chi connectivity index (χ2v) is 8.72. The van der Waals surface area contributed by atoms with Gasteiger partial charge in [-0.15, -0.1) is 10.2 Å². The fraction of sp³-hybridized carbons (Fsp3) is 0.250. The van der Waals surface area contributed by atoms with Crippen molar-refractivity contribution in [1.29, 1.82) is 0 Å². The molecule has 0 saturated carbocycles. The number of aromatic nitrogens is 2. The van der Waals surface area contributed by atoms with Gasteiger partial charge in [0.1, 0.15) is 19.0 Å². The third kappa shape index (κ3) is 5.19. The molecule has 1 N–H and O–H groups in total. The van der Waals surface area contributed by atoms with Gasteiger partial charge in [0.05, 0.1) is 5.75 Å². The molecule has 1 aliphatic heterocycles. The highest BCUT2D eigenvalue weighted by molar-refractivity contribution is 8.01. The van der Waals surface area contributed by atoms with E-state index < -0.39 is 0 Å². The van der Waals surface area contributed by atoms with Crippen LogP contribution in [0.3, 0.4) is 0 Å². The molecule has 0 fully saturated rings. The lowest BCUT2D eigenvalue weighted by atomic mass is 10.2. The molecule has 0 atom stereocenters. The van der Waals surface area contributed by atoms with Crippen molar-refractivity contribution < 1.29 is 18.7 Å². The van der Waals surface area contributed by atoms with Gasteiger partial charge in [-0.2, -0.15) is 0 Å². The van der Waals surface area contributed by atoms with Crippen molar-refractivity contribution in [1.82, 2.24) is 15.1 Å². The van der Waals surface area contributed by atoms with E-state index in [9.17, 15) is 9.18 Å². The van der Waals surface area contributed by atoms with Crippen LogP contribution in [0, 0.1) is 5.82 Å². The van der Waals surface area contributed by atoms with Crippen molar-refractivity contribution >= 4 is 39.8 Å². The second kappa shape index (κ2) is 9.31. The first kappa shape index (κ1) is 20.4. The minimum absolute atomic E-state index is 0.0234. The lowest BCUT2D eigenvalue weighted by Gasteiger charge is -2.21. The number of carbonyl (C=O) groups excluding carboxylic acids is 1. The van der Waals surface area contributed by atoms with Gasteiger partial charge in [0, 0.05) is 19.3 Å². The highest BCUT2D eigenvalue weighted by Crippen LogP contribution is 2.31. The number of hydrogen-bond donors (Lipinski definition) is 1. The van der Waals surface area contributed by atoms with Crippen LogP contribution in [-0.4, -0.2) is 47.0 Å². The van der Waals surface area contributed by atoms with E-state index in [0.717, 1.165) is 11.3 Å². The Morgan fingerprint density at radius 3 is 2.87 bits per heavy atom. The summed E-state index contributed by atoms with van der Waals surface area (Å²) in [5.74, 6) is 1.33. The number of fused-ring (bicyclic) bond motifs is 1. The minimum atomic E-state index is -0.328. The van der Waals surface area contributed by atoms with Crippen LogP contribution < -0.4 is 14.8 Å². The Kier molecular flexibility index (Phi) is 6.34. The van der Waals surface area contributed by atoms with Gasteiger partial charge >= 0.3 is 0 Å². The highest BCUT2D eigenvalue weighted by atomic mass is 32.2. The molecule has 0 radical (unpaired) electrons. The molecule has 0 bridgehead atoms. The summed E-state index contributed by atoms with van der Waals surface area (Å²) in [6.07, 6.45) is 0. The summed E-state index contributed by atoms with van der Waals surface area (Å²) in [4.78, 5) is 14.2. The second-order valence-electron chi connectivity index (χ2n) is 6.52. The quantitative estimate of drug-likeness (QED) is 0.551. The number of ether oxygens (including phenoxy) is 2. The van der Waals surface area contributed by atoms with E-state index in [-0.39, 0.29) is 17.5 Å². The molecule has 2 aromatic carbocycles. The molecule has 0 saturated heterocycles. The number of halogens is 1. The summed E-state index contributed by atoms with van der Waals surface area (Å²) in [5.41, 5.74) is 1.57. The van der Waals surface area contributed by atoms with Gasteiger partial charge in [0.25, 0.3) is 0 Å². The number of anilines is 2. The Balaban J connectivity index is 1.28. The number of nitrogens with zero attached hydrogens (tertiary/aromatic N) is 3. The zero-order valence-corrected chi connectivity index (χ0v) is 17.8. The smallest absolute Gasteiger partial charge is 0.233 e. The van der Waals surface area contributed by atoms with Crippen molar-refractivity contribution in [3.05, 3.63) is 53.8 Å². The number of amides is 1. The predicted molar refractivity (Wildman–Crippen MR) is 114 cm³/mol. The van der Waals surface area contributed by atoms with Gasteiger partial charge in [-0.1, -0.05) is 35.2 Å². The zero-order valence-electron chi connectivity index (χ0n) is 16.1. The molecule has 0 aliphatic carbocycles. The average molecular weight is 447 g/mol. The van der Waals surface area contributed by atoms with Crippen molar-refractivity contribution in [2.75, 3.05) is 31.3 Å². The van der Waals surface area contributed by atoms with E-state index in [4.69, 9.17) is 9.47 Å². The molecule has 7 nitrogen and oxygen atoms in total. The molecule has 0 spiro atoms. The molecule has 3 aromatic rings. The number of thioether (sulfide) groups is 1. The monoisotopic (exact) mass is 446 g/mol. The molecular formula is C20H19FN4O3S2. The van der Waals surface area contributed by atoms with E-state index >= 15 is 0 Å². The van der Waals surface area contributed by atoms with E-state index in [1.54, 1.807) is 24.1 Å². The van der Waals surface area contributed by atoms with Crippen molar-refractivity contribution in [2.24, 2.45) is 0 Å². The summed E-state index contributed by atoms with van der Waals surface area (Å²) in [6, 6.07) is 11.8. The Hall–Kier alpha value is -2.85. The maximum Gasteiger partial charge on any atom is 0.233 e. The summed E-state index contributed by atoms with van der Waals surface area (Å²) in [5, 5.41) is 11.7. The van der Waals surface area contributed by atoms with Crippen LogP contribution in [-0.2, 0) is 11.3 Å². The lowest BCUT2D eigenvalue weighted by Crippen LogP contribution is -2.27. The number of hydrogen-bond acceptors (Lipinski definition) is 8. The van der Waals surface area contributed by atoms with Crippen molar-refractivity contribution in [2.45, 2.75) is 10.9 Å². The maximum absolute atomic E-state index is 13.3. The first-order chi connectivity index (χ1) is 14.6. The van der Waals surface area contributed by atoms with Crippen LogP contribution in [0.25, 0.3) is 0 Å². The Morgan fingerprint density at radius 2 is 2.03 bits per heavy atom. The molecule has 1 aromatic heterocycles. The lowest BCUT2D eigenvalue weighted by molar-refractivity contribution is -0.127. The first-order valence-electron chi connectivity index (χ1n) is 9.18. The van der Waals surface area contributed by atoms with Gasteiger partial charge in [-0.25, -0.2) is 4.39 Å². The van der Waals surface area contributed by atoms with Gasteiger partial charge in [-0.05, 0) is 35.9 Å². The van der Waals surface area contributed by atoms with Crippen LogP contribution in [0.4, 0.5) is 15.2 Å². The molecule has 0 unspecified atom stereocenters. The number of rotatable bonds is 7. The fourth-order valence-corrected chi connectivity index (χ4v) is 4.50. The largest absolute Gasteiger partial charge is 0.486 e. The molecule has 1 amide bonds. The van der Waals surface area contributed by atoms with Crippen LogP contribution in [0.5, 0.6) is 11.5 Å². The van der Waals surface area contributed by atoms with Gasteiger partial charge < -0.3 is 19.7 Å².